The van der Waals surface area contributed by atoms with Gasteiger partial charge in [-0.3, -0.25) is 10.0 Å². The molecule has 9 heteroatoms. The van der Waals surface area contributed by atoms with Gasteiger partial charge >= 0.3 is 0 Å². The molecule has 1 aromatic heterocycles. The molecule has 1 aromatic carbocycles. The van der Waals surface area contributed by atoms with E-state index in [1.54, 1.807) is 18.2 Å². The first-order valence-electron chi connectivity index (χ1n) is 7.33. The van der Waals surface area contributed by atoms with Crippen LogP contribution in [0.1, 0.15) is 5.56 Å². The average molecular weight is 363 g/mol. The van der Waals surface area contributed by atoms with Gasteiger partial charge in [0.2, 0.25) is 5.75 Å². The van der Waals surface area contributed by atoms with Crippen LogP contribution >= 0.6 is 0 Å². The second-order valence-electron chi connectivity index (χ2n) is 5.16. The largest absolute Gasteiger partial charge is 0.622 e. The summed E-state index contributed by atoms with van der Waals surface area (Å²) in [6, 6.07) is 4.98. The van der Waals surface area contributed by atoms with E-state index in [9.17, 15) is 9.42 Å². The van der Waals surface area contributed by atoms with Gasteiger partial charge in [-0.05, 0) is 17.7 Å². The first-order chi connectivity index (χ1) is 12.1. The third-order valence-electron chi connectivity index (χ3n) is 3.70. The van der Waals surface area contributed by atoms with Crippen molar-refractivity contribution in [2.45, 2.75) is 5.75 Å². The van der Waals surface area contributed by atoms with Gasteiger partial charge < -0.3 is 19.4 Å². The predicted molar refractivity (Wildman–Crippen MR) is 93.3 cm³/mol. The highest BCUT2D eigenvalue weighted by Gasteiger charge is 2.29. The fourth-order valence-electron chi connectivity index (χ4n) is 2.54. The lowest BCUT2D eigenvalue weighted by Crippen LogP contribution is -3.04. The van der Waals surface area contributed by atoms with Crippen LogP contribution < -0.4 is 19.3 Å². The number of nitrogens with one attached hydrogen (secondary N) is 1. The number of nitrogens with zero attached hydrogens (tertiary/aromatic N) is 2. The van der Waals surface area contributed by atoms with Crippen LogP contribution in [0.2, 0.25) is 0 Å². The van der Waals surface area contributed by atoms with Crippen molar-refractivity contribution in [2.75, 3.05) is 21.3 Å². The summed E-state index contributed by atoms with van der Waals surface area (Å²) >= 11 is 0. The van der Waals surface area contributed by atoms with Gasteiger partial charge in [0.1, 0.15) is 16.5 Å². The summed E-state index contributed by atoms with van der Waals surface area (Å²) in [5.74, 6) is 1.47. The molecule has 1 N–H and O–H groups in total. The fraction of sp³-hybridized carbons (Fsp3) is 0.250. The molecule has 2 unspecified atom stereocenters. The molecule has 2 atom stereocenters. The molecule has 8 nitrogen and oxygen atoms in total. The fourth-order valence-corrected chi connectivity index (χ4v) is 3.66. The van der Waals surface area contributed by atoms with E-state index in [-0.39, 0.29) is 16.0 Å². The number of hydroxylamine groups is 1. The lowest BCUT2D eigenvalue weighted by Gasteiger charge is -2.17. The lowest BCUT2D eigenvalue weighted by atomic mass is 10.2. The molecule has 132 valence electrons. The number of amidine groups is 1. The Bertz CT molecular complexity index is 830. The predicted octanol–water partition coefficient (Wildman–Crippen LogP) is 1.07. The number of aliphatic imine (C=N–C) groups is 1. The normalized spacial score (nSPS) is 16.8. The molecule has 1 aliphatic heterocycles. The molecule has 25 heavy (non-hydrogen) atoms. The van der Waals surface area contributed by atoms with Crippen molar-refractivity contribution in [1.82, 2.24) is 4.98 Å². The highest BCUT2D eigenvalue weighted by molar-refractivity contribution is 7.99. The van der Waals surface area contributed by atoms with Crippen LogP contribution in [0, 0.1) is 5.21 Å². The molecule has 0 saturated heterocycles. The van der Waals surface area contributed by atoms with Gasteiger partial charge in [-0.2, -0.15) is 4.99 Å². The Kier molecular flexibility index (Phi) is 4.98. The first kappa shape index (κ1) is 17.3. The lowest BCUT2D eigenvalue weighted by molar-refractivity contribution is -0.659. The van der Waals surface area contributed by atoms with Gasteiger partial charge in [0.05, 0.1) is 33.3 Å². The number of hydrogen-bond acceptors (Lipinski definition) is 7. The zero-order valence-electron chi connectivity index (χ0n) is 13.9. The van der Waals surface area contributed by atoms with E-state index in [2.05, 4.69) is 9.98 Å². The molecule has 2 heterocycles. The number of benzene rings is 1. The zero-order valence-corrected chi connectivity index (χ0v) is 14.8. The number of ether oxygens (including phenoxy) is 3. The monoisotopic (exact) mass is 363 g/mol. The van der Waals surface area contributed by atoms with Gasteiger partial charge in [0, 0.05) is 12.3 Å². The molecule has 1 aliphatic rings. The standard InChI is InChI=1S/C16H17N3O5S/c1-22-13-6-10(7-14(23-2)15(13)24-3)9-25(21)16-18-11-8-17-5-4-12(11)19(16)20/h4-8,19H,9H2,1-3H3. The molecule has 0 fully saturated rings. The van der Waals surface area contributed by atoms with Gasteiger partial charge in [0.25, 0.3) is 5.17 Å². The van der Waals surface area contributed by atoms with E-state index < -0.39 is 10.8 Å². The Morgan fingerprint density at radius 1 is 1.16 bits per heavy atom. The van der Waals surface area contributed by atoms with Crippen LogP contribution in [0.15, 0.2) is 35.6 Å². The number of rotatable bonds is 5. The summed E-state index contributed by atoms with van der Waals surface area (Å²) < 4.78 is 28.5. The van der Waals surface area contributed by atoms with Crippen molar-refractivity contribution in [3.05, 3.63) is 41.4 Å². The highest BCUT2D eigenvalue weighted by Crippen LogP contribution is 2.38. The Morgan fingerprint density at radius 3 is 2.40 bits per heavy atom. The van der Waals surface area contributed by atoms with E-state index in [0.717, 1.165) is 0 Å². The van der Waals surface area contributed by atoms with Crippen LogP contribution in [0.3, 0.4) is 0 Å². The molecule has 3 rings (SSSR count). The summed E-state index contributed by atoms with van der Waals surface area (Å²) in [6.45, 7) is 0. The number of hydrogen-bond donors (Lipinski definition) is 1. The maximum Gasteiger partial charge on any atom is 0.299 e. The quantitative estimate of drug-likeness (QED) is 0.798. The highest BCUT2D eigenvalue weighted by atomic mass is 32.2. The van der Waals surface area contributed by atoms with Gasteiger partial charge in [0.15, 0.2) is 17.2 Å². The summed E-state index contributed by atoms with van der Waals surface area (Å²) in [4.78, 5) is 8.09. The molecule has 2 aromatic rings. The van der Waals surface area contributed by atoms with Crippen LogP contribution in [-0.4, -0.2) is 35.7 Å². The molecular formula is C16H17N3O5S. The summed E-state index contributed by atoms with van der Waals surface area (Å²) in [7, 11) is 2.91. The van der Waals surface area contributed by atoms with Crippen LogP contribution in [0.25, 0.3) is 0 Å². The van der Waals surface area contributed by atoms with Gasteiger partial charge in [-0.1, -0.05) is 0 Å². The number of pyridine rings is 1. The van der Waals surface area contributed by atoms with Crippen molar-refractivity contribution in [3.63, 3.8) is 0 Å². The van der Waals surface area contributed by atoms with Crippen molar-refractivity contribution in [3.8, 4) is 17.2 Å². The Morgan fingerprint density at radius 2 is 1.84 bits per heavy atom. The van der Waals surface area contributed by atoms with Crippen molar-refractivity contribution >= 4 is 27.3 Å². The van der Waals surface area contributed by atoms with E-state index in [1.807, 2.05) is 0 Å². The smallest absolute Gasteiger partial charge is 0.299 e. The van der Waals surface area contributed by atoms with Crippen LogP contribution in [-0.2, 0) is 16.6 Å². The number of fused-ring (bicyclic) bond motifs is 1. The topological polar surface area (TPSA) is 97.5 Å². The van der Waals surface area contributed by atoms with E-state index in [0.29, 0.717) is 34.2 Å². The molecule has 0 spiro atoms. The minimum absolute atomic E-state index is 0.0248. The molecular weight excluding hydrogens is 346 g/mol. The van der Waals surface area contributed by atoms with Crippen molar-refractivity contribution < 1.29 is 23.5 Å². The minimum atomic E-state index is -1.61. The summed E-state index contributed by atoms with van der Waals surface area (Å²) in [5.41, 5.74) is 1.54. The molecule has 0 saturated carbocycles. The minimum Gasteiger partial charge on any atom is -0.622 e. The Hall–Kier alpha value is -2.49. The number of quaternary nitrogens is 1. The maximum absolute atomic E-state index is 12.7. The molecule has 0 aliphatic carbocycles. The average Bonchev–Trinajstić information content (AvgIpc) is 2.98. The van der Waals surface area contributed by atoms with Gasteiger partial charge in [-0.25, -0.2) is 4.21 Å². The van der Waals surface area contributed by atoms with Crippen LogP contribution in [0.4, 0.5) is 11.4 Å². The second-order valence-corrected chi connectivity index (χ2v) is 6.53. The molecule has 0 radical (unpaired) electrons. The first-order valence-corrected chi connectivity index (χ1v) is 8.65. The number of methoxy groups -OCH3 is 3. The Balaban J connectivity index is 1.87. The zero-order chi connectivity index (χ0) is 18.0. The van der Waals surface area contributed by atoms with Crippen molar-refractivity contribution in [1.29, 1.82) is 0 Å². The summed E-state index contributed by atoms with van der Waals surface area (Å²) in [6.07, 6.45) is 2.99. The maximum atomic E-state index is 12.7. The molecule has 0 bridgehead atoms. The van der Waals surface area contributed by atoms with E-state index in [4.69, 9.17) is 14.2 Å². The SMILES string of the molecule is COc1cc(CS(=O)C2=Nc3cnccc3[NH+]2[O-])cc(OC)c1OC. The second kappa shape index (κ2) is 7.18. The molecule has 0 amide bonds. The van der Waals surface area contributed by atoms with E-state index >= 15 is 0 Å². The van der Waals surface area contributed by atoms with Crippen LogP contribution in [0.5, 0.6) is 17.2 Å². The van der Waals surface area contributed by atoms with E-state index in [1.165, 1.54) is 33.7 Å². The summed E-state index contributed by atoms with van der Waals surface area (Å²) in [5, 5.41) is 12.0. The third-order valence-corrected chi connectivity index (χ3v) is 5.00. The number of aromatic nitrogens is 1. The van der Waals surface area contributed by atoms with Gasteiger partial charge in [-0.15, -0.1) is 0 Å². The van der Waals surface area contributed by atoms with Crippen molar-refractivity contribution in [2.24, 2.45) is 4.99 Å². The Labute approximate surface area is 147 Å². The third kappa shape index (κ3) is 3.21.